The average molecular weight is 256 g/mol. The fourth-order valence-corrected chi connectivity index (χ4v) is 2.15. The molecule has 0 radical (unpaired) electrons. The number of aryl methyl sites for hydroxylation is 2. The van der Waals surface area contributed by atoms with E-state index in [4.69, 9.17) is 18.0 Å². The maximum atomic E-state index is 11.8. The van der Waals surface area contributed by atoms with E-state index in [-0.39, 0.29) is 11.8 Å². The predicted octanol–water partition coefficient (Wildman–Crippen LogP) is 2.02. The molecular weight excluding hydrogens is 240 g/mol. The van der Waals surface area contributed by atoms with Crippen LogP contribution in [0.5, 0.6) is 0 Å². The third-order valence-corrected chi connectivity index (χ3v) is 4.00. The summed E-state index contributed by atoms with van der Waals surface area (Å²) < 4.78 is 0. The van der Waals surface area contributed by atoms with Crippen molar-refractivity contribution in [3.8, 4) is 0 Å². The van der Waals surface area contributed by atoms with Crippen LogP contribution in [0.25, 0.3) is 0 Å². The molecule has 1 amide bonds. The Labute approximate surface area is 105 Å². The Morgan fingerprint density at radius 2 is 2.25 bits per heavy atom. The van der Waals surface area contributed by atoms with Gasteiger partial charge in [0.1, 0.15) is 0 Å². The quantitative estimate of drug-likeness (QED) is 0.810. The Hall–Kier alpha value is -0.940. The Balaban J connectivity index is 2.56. The molecule has 0 bridgehead atoms. The monoisotopic (exact) mass is 256 g/mol. The molecule has 0 aromatic carbocycles. The first kappa shape index (κ1) is 13.1. The Kier molecular flexibility index (Phi) is 4.44. The van der Waals surface area contributed by atoms with Crippen LogP contribution < -0.4 is 11.1 Å². The summed E-state index contributed by atoms with van der Waals surface area (Å²) in [7, 11) is 0. The summed E-state index contributed by atoms with van der Waals surface area (Å²) in [5.74, 6) is -0.0228. The number of nitrogens with two attached hydrogens (primary N) is 1. The van der Waals surface area contributed by atoms with E-state index >= 15 is 0 Å². The molecule has 5 heteroatoms. The van der Waals surface area contributed by atoms with Crippen molar-refractivity contribution in [3.63, 3.8) is 0 Å². The lowest BCUT2D eigenvalue weighted by Crippen LogP contribution is -2.33. The number of rotatable bonds is 4. The zero-order valence-corrected chi connectivity index (χ0v) is 11.3. The highest BCUT2D eigenvalue weighted by molar-refractivity contribution is 7.80. The van der Waals surface area contributed by atoms with E-state index in [1.807, 2.05) is 26.8 Å². The fraction of sp³-hybridized carbons (Fsp3) is 0.455. The summed E-state index contributed by atoms with van der Waals surface area (Å²) in [6, 6.07) is 1.90. The minimum atomic E-state index is -0.0516. The highest BCUT2D eigenvalue weighted by Crippen LogP contribution is 2.20. The zero-order valence-electron chi connectivity index (χ0n) is 9.66. The standard InChI is InChI=1S/C11H16N2OS2/c1-6-4-9(16-8(6)3)11(14)13-5-7(2)10(12)15/h4,7H,5H2,1-3H3,(H2,12,15)(H,13,14). The largest absolute Gasteiger partial charge is 0.393 e. The van der Waals surface area contributed by atoms with Gasteiger partial charge in [-0.25, -0.2) is 0 Å². The minimum absolute atomic E-state index is 0.0288. The molecule has 3 N–H and O–H groups in total. The van der Waals surface area contributed by atoms with E-state index in [1.54, 1.807) is 0 Å². The summed E-state index contributed by atoms with van der Waals surface area (Å²) in [5.41, 5.74) is 6.62. The minimum Gasteiger partial charge on any atom is -0.393 e. The second-order valence-corrected chi connectivity index (χ2v) is 5.59. The number of amides is 1. The second-order valence-electron chi connectivity index (χ2n) is 3.86. The fourth-order valence-electron chi connectivity index (χ4n) is 1.12. The molecule has 0 spiro atoms. The van der Waals surface area contributed by atoms with Gasteiger partial charge in [-0.1, -0.05) is 19.1 Å². The van der Waals surface area contributed by atoms with Gasteiger partial charge in [-0.3, -0.25) is 4.79 Å². The van der Waals surface area contributed by atoms with Crippen LogP contribution in [-0.2, 0) is 0 Å². The highest BCUT2D eigenvalue weighted by Gasteiger charge is 2.12. The number of hydrogen-bond donors (Lipinski definition) is 2. The third-order valence-electron chi connectivity index (χ3n) is 2.44. The van der Waals surface area contributed by atoms with Gasteiger partial charge in [-0.2, -0.15) is 0 Å². The molecule has 0 aliphatic heterocycles. The van der Waals surface area contributed by atoms with Crippen molar-refractivity contribution in [2.24, 2.45) is 11.7 Å². The van der Waals surface area contributed by atoms with Crippen LogP contribution >= 0.6 is 23.6 Å². The maximum Gasteiger partial charge on any atom is 0.261 e. The molecule has 0 saturated heterocycles. The van der Waals surface area contributed by atoms with Gasteiger partial charge in [0.15, 0.2) is 0 Å². The molecule has 1 atom stereocenters. The molecule has 88 valence electrons. The molecule has 1 aromatic rings. The molecular formula is C11H16N2OS2. The molecule has 0 saturated carbocycles. The maximum absolute atomic E-state index is 11.8. The number of hydrogen-bond acceptors (Lipinski definition) is 3. The van der Waals surface area contributed by atoms with Crippen LogP contribution in [0.1, 0.15) is 27.0 Å². The van der Waals surface area contributed by atoms with Gasteiger partial charge in [-0.05, 0) is 25.5 Å². The van der Waals surface area contributed by atoms with E-state index in [0.717, 1.165) is 10.4 Å². The SMILES string of the molecule is Cc1cc(C(=O)NCC(C)C(N)=S)sc1C. The number of thiocarbonyl (C=S) groups is 1. The molecule has 1 unspecified atom stereocenters. The van der Waals surface area contributed by atoms with Crippen molar-refractivity contribution in [3.05, 3.63) is 21.4 Å². The van der Waals surface area contributed by atoms with Crippen LogP contribution in [0.3, 0.4) is 0 Å². The van der Waals surface area contributed by atoms with Gasteiger partial charge >= 0.3 is 0 Å². The van der Waals surface area contributed by atoms with Crippen molar-refractivity contribution >= 4 is 34.5 Å². The van der Waals surface area contributed by atoms with Gasteiger partial charge in [-0.15, -0.1) is 11.3 Å². The Morgan fingerprint density at radius 1 is 1.62 bits per heavy atom. The van der Waals surface area contributed by atoms with Crippen LogP contribution in [0.2, 0.25) is 0 Å². The number of nitrogens with one attached hydrogen (secondary N) is 1. The normalized spacial score (nSPS) is 12.2. The first-order valence-corrected chi connectivity index (χ1v) is 6.29. The first-order chi connectivity index (χ1) is 7.41. The van der Waals surface area contributed by atoms with E-state index in [0.29, 0.717) is 11.5 Å². The third kappa shape index (κ3) is 3.28. The summed E-state index contributed by atoms with van der Waals surface area (Å²) in [6.07, 6.45) is 0. The van der Waals surface area contributed by atoms with Gasteiger partial charge in [0.2, 0.25) is 0 Å². The molecule has 0 aliphatic carbocycles. The zero-order chi connectivity index (χ0) is 12.3. The number of carbonyl (C=O) groups excluding carboxylic acids is 1. The summed E-state index contributed by atoms with van der Waals surface area (Å²) in [4.78, 5) is 14.1. The first-order valence-electron chi connectivity index (χ1n) is 5.06. The predicted molar refractivity (Wildman–Crippen MR) is 72.1 cm³/mol. The molecule has 0 aliphatic rings. The van der Waals surface area contributed by atoms with Crippen molar-refractivity contribution in [1.29, 1.82) is 0 Å². The van der Waals surface area contributed by atoms with E-state index < -0.39 is 0 Å². The molecule has 0 fully saturated rings. The lowest BCUT2D eigenvalue weighted by Gasteiger charge is -2.09. The molecule has 3 nitrogen and oxygen atoms in total. The van der Waals surface area contributed by atoms with Crippen LogP contribution in [0.15, 0.2) is 6.07 Å². The van der Waals surface area contributed by atoms with Crippen molar-refractivity contribution < 1.29 is 4.79 Å². The van der Waals surface area contributed by atoms with Gasteiger partial charge in [0.05, 0.1) is 9.87 Å². The van der Waals surface area contributed by atoms with Gasteiger partial charge in [0, 0.05) is 17.3 Å². The highest BCUT2D eigenvalue weighted by atomic mass is 32.1. The average Bonchev–Trinajstić information content (AvgIpc) is 2.55. The van der Waals surface area contributed by atoms with Gasteiger partial charge < -0.3 is 11.1 Å². The number of carbonyl (C=O) groups is 1. The Bertz CT molecular complexity index is 393. The van der Waals surface area contributed by atoms with Gasteiger partial charge in [0.25, 0.3) is 5.91 Å². The second kappa shape index (κ2) is 5.41. The van der Waals surface area contributed by atoms with E-state index in [9.17, 15) is 4.79 Å². The topological polar surface area (TPSA) is 55.1 Å². The molecule has 1 heterocycles. The van der Waals surface area contributed by atoms with Crippen LogP contribution in [-0.4, -0.2) is 17.4 Å². The number of thiophene rings is 1. The van der Waals surface area contributed by atoms with E-state index in [1.165, 1.54) is 16.2 Å². The molecule has 1 rings (SSSR count). The summed E-state index contributed by atoms with van der Waals surface area (Å²) in [5, 5.41) is 2.82. The Morgan fingerprint density at radius 3 is 2.69 bits per heavy atom. The van der Waals surface area contributed by atoms with Crippen molar-refractivity contribution in [2.45, 2.75) is 20.8 Å². The van der Waals surface area contributed by atoms with Crippen LogP contribution in [0.4, 0.5) is 0 Å². The van der Waals surface area contributed by atoms with Crippen molar-refractivity contribution in [1.82, 2.24) is 5.32 Å². The summed E-state index contributed by atoms with van der Waals surface area (Å²) in [6.45, 7) is 6.40. The van der Waals surface area contributed by atoms with E-state index in [2.05, 4.69) is 5.32 Å². The van der Waals surface area contributed by atoms with Crippen molar-refractivity contribution in [2.75, 3.05) is 6.54 Å². The molecule has 16 heavy (non-hydrogen) atoms. The lowest BCUT2D eigenvalue weighted by atomic mass is 10.2. The smallest absolute Gasteiger partial charge is 0.261 e. The molecule has 1 aromatic heterocycles. The lowest BCUT2D eigenvalue weighted by molar-refractivity contribution is 0.0955. The summed E-state index contributed by atoms with van der Waals surface area (Å²) >= 11 is 6.35. The van der Waals surface area contributed by atoms with Crippen LogP contribution in [0, 0.1) is 19.8 Å².